The molecule has 5 nitrogen and oxygen atoms in total. The molecule has 0 radical (unpaired) electrons. The third-order valence-corrected chi connectivity index (χ3v) is 3.86. The van der Waals surface area contributed by atoms with Gasteiger partial charge >= 0.3 is 6.09 Å². The first-order valence-electron chi connectivity index (χ1n) is 6.60. The summed E-state index contributed by atoms with van der Waals surface area (Å²) in [4.78, 5) is 15.0. The molecule has 1 aliphatic rings. The molecule has 110 valence electrons. The number of aliphatic hydroxyl groups is 1. The molecule has 1 N–H and O–H groups in total. The minimum atomic E-state index is -0.529. The van der Waals surface area contributed by atoms with Crippen LogP contribution in [0, 0.1) is 0 Å². The number of likely N-dealkylation sites (N-methyl/N-ethyl adjacent to an activating group) is 1. The van der Waals surface area contributed by atoms with E-state index >= 15 is 0 Å². The SMILES string of the molecule is CN(CCN1CCOC1=O)CC(O)c1ccc(Br)cc1. The monoisotopic (exact) mass is 342 g/mol. The zero-order valence-electron chi connectivity index (χ0n) is 11.5. The summed E-state index contributed by atoms with van der Waals surface area (Å²) in [6.45, 7) is 3.00. The maximum absolute atomic E-state index is 11.3. The Morgan fingerprint density at radius 2 is 2.15 bits per heavy atom. The smallest absolute Gasteiger partial charge is 0.409 e. The second-order valence-electron chi connectivity index (χ2n) is 4.93. The van der Waals surface area contributed by atoms with Crippen LogP contribution >= 0.6 is 15.9 Å². The van der Waals surface area contributed by atoms with Gasteiger partial charge in [-0.1, -0.05) is 28.1 Å². The fraction of sp³-hybridized carbons (Fsp3) is 0.500. The molecule has 6 heteroatoms. The maximum atomic E-state index is 11.3. The first-order valence-corrected chi connectivity index (χ1v) is 7.39. The van der Waals surface area contributed by atoms with Gasteiger partial charge in [-0.25, -0.2) is 4.79 Å². The van der Waals surface area contributed by atoms with E-state index in [0.29, 0.717) is 32.8 Å². The molecular formula is C14H19BrN2O3. The minimum Gasteiger partial charge on any atom is -0.448 e. The predicted molar refractivity (Wildman–Crippen MR) is 79.5 cm³/mol. The number of amides is 1. The van der Waals surface area contributed by atoms with Crippen LogP contribution in [0.4, 0.5) is 4.79 Å². The van der Waals surface area contributed by atoms with Crippen LogP contribution in [0.3, 0.4) is 0 Å². The molecule has 0 aromatic heterocycles. The van der Waals surface area contributed by atoms with Gasteiger partial charge in [-0.05, 0) is 24.7 Å². The van der Waals surface area contributed by atoms with Crippen LogP contribution in [0.2, 0.25) is 0 Å². The number of benzene rings is 1. The molecule has 1 heterocycles. The Hall–Kier alpha value is -1.11. The first kappa shape index (κ1) is 15.3. The Balaban J connectivity index is 1.77. The molecule has 1 fully saturated rings. The van der Waals surface area contributed by atoms with Crippen LogP contribution in [0.5, 0.6) is 0 Å². The van der Waals surface area contributed by atoms with Gasteiger partial charge in [0, 0.05) is 24.1 Å². The van der Waals surface area contributed by atoms with Gasteiger partial charge in [-0.3, -0.25) is 0 Å². The van der Waals surface area contributed by atoms with Crippen LogP contribution in [0.15, 0.2) is 28.7 Å². The van der Waals surface area contributed by atoms with Crippen molar-refractivity contribution in [3.8, 4) is 0 Å². The summed E-state index contributed by atoms with van der Waals surface area (Å²) in [6.07, 6.45) is -0.773. The third-order valence-electron chi connectivity index (χ3n) is 3.34. The van der Waals surface area contributed by atoms with Crippen molar-refractivity contribution in [3.63, 3.8) is 0 Å². The summed E-state index contributed by atoms with van der Waals surface area (Å²) in [5.74, 6) is 0. The van der Waals surface area contributed by atoms with Gasteiger partial charge in [0.2, 0.25) is 0 Å². The lowest BCUT2D eigenvalue weighted by molar-refractivity contribution is 0.120. The van der Waals surface area contributed by atoms with Crippen molar-refractivity contribution in [2.45, 2.75) is 6.10 Å². The highest BCUT2D eigenvalue weighted by molar-refractivity contribution is 9.10. The first-order chi connectivity index (χ1) is 9.56. The number of ether oxygens (including phenoxy) is 1. The van der Waals surface area contributed by atoms with E-state index in [1.165, 1.54) is 0 Å². The lowest BCUT2D eigenvalue weighted by Gasteiger charge is -2.23. The van der Waals surface area contributed by atoms with Crippen molar-refractivity contribution in [1.29, 1.82) is 0 Å². The van der Waals surface area contributed by atoms with Gasteiger partial charge in [0.25, 0.3) is 0 Å². The summed E-state index contributed by atoms with van der Waals surface area (Å²) in [5, 5.41) is 10.2. The quantitative estimate of drug-likeness (QED) is 0.857. The van der Waals surface area contributed by atoms with Gasteiger partial charge in [0.1, 0.15) is 6.61 Å². The number of carbonyl (C=O) groups excluding carboxylic acids is 1. The van der Waals surface area contributed by atoms with E-state index in [4.69, 9.17) is 4.74 Å². The van der Waals surface area contributed by atoms with Crippen LogP contribution in [0.1, 0.15) is 11.7 Å². The van der Waals surface area contributed by atoms with Crippen molar-refractivity contribution in [1.82, 2.24) is 9.80 Å². The van der Waals surface area contributed by atoms with Gasteiger partial charge in [0.15, 0.2) is 0 Å². The molecular weight excluding hydrogens is 324 g/mol. The summed E-state index contributed by atoms with van der Waals surface area (Å²) < 4.78 is 5.87. The van der Waals surface area contributed by atoms with Crippen molar-refractivity contribution in [3.05, 3.63) is 34.3 Å². The molecule has 1 unspecified atom stereocenters. The van der Waals surface area contributed by atoms with Gasteiger partial charge in [-0.2, -0.15) is 0 Å². The molecule has 1 amide bonds. The number of carbonyl (C=O) groups is 1. The molecule has 0 saturated carbocycles. The Morgan fingerprint density at radius 3 is 2.75 bits per heavy atom. The Kier molecular flexibility index (Phi) is 5.39. The molecule has 1 aromatic rings. The lowest BCUT2D eigenvalue weighted by Crippen LogP contribution is -2.35. The van der Waals surface area contributed by atoms with Crippen molar-refractivity contribution in [2.75, 3.05) is 39.8 Å². The van der Waals surface area contributed by atoms with Crippen LogP contribution in [0.25, 0.3) is 0 Å². The van der Waals surface area contributed by atoms with Gasteiger partial charge in [-0.15, -0.1) is 0 Å². The van der Waals surface area contributed by atoms with Crippen molar-refractivity contribution < 1.29 is 14.6 Å². The highest BCUT2D eigenvalue weighted by Crippen LogP contribution is 2.17. The fourth-order valence-electron chi connectivity index (χ4n) is 2.10. The number of hydrogen-bond acceptors (Lipinski definition) is 4. The number of cyclic esters (lactones) is 1. The maximum Gasteiger partial charge on any atom is 0.409 e. The zero-order chi connectivity index (χ0) is 14.5. The highest BCUT2D eigenvalue weighted by Gasteiger charge is 2.21. The second-order valence-corrected chi connectivity index (χ2v) is 5.85. The highest BCUT2D eigenvalue weighted by atomic mass is 79.9. The molecule has 1 aliphatic heterocycles. The Bertz CT molecular complexity index is 452. The third kappa shape index (κ3) is 4.19. The molecule has 20 heavy (non-hydrogen) atoms. The molecule has 1 atom stereocenters. The molecule has 0 spiro atoms. The average molecular weight is 343 g/mol. The van der Waals surface area contributed by atoms with E-state index in [2.05, 4.69) is 15.9 Å². The van der Waals surface area contributed by atoms with E-state index in [1.54, 1.807) is 4.90 Å². The summed E-state index contributed by atoms with van der Waals surface area (Å²) in [5.41, 5.74) is 0.889. The van der Waals surface area contributed by atoms with E-state index in [-0.39, 0.29) is 6.09 Å². The van der Waals surface area contributed by atoms with Crippen LogP contribution < -0.4 is 0 Å². The predicted octanol–water partition coefficient (Wildman–Crippen LogP) is 1.87. The van der Waals surface area contributed by atoms with Gasteiger partial charge in [0.05, 0.1) is 12.6 Å². The molecule has 0 aliphatic carbocycles. The number of aliphatic hydroxyl groups excluding tert-OH is 1. The fourth-order valence-corrected chi connectivity index (χ4v) is 2.36. The molecule has 1 saturated heterocycles. The van der Waals surface area contributed by atoms with E-state index < -0.39 is 6.10 Å². The normalized spacial score (nSPS) is 16.6. The molecule has 2 rings (SSSR count). The minimum absolute atomic E-state index is 0.244. The Morgan fingerprint density at radius 1 is 1.45 bits per heavy atom. The summed E-state index contributed by atoms with van der Waals surface area (Å²) in [6, 6.07) is 7.64. The van der Waals surface area contributed by atoms with Crippen molar-refractivity contribution in [2.24, 2.45) is 0 Å². The summed E-state index contributed by atoms with van der Waals surface area (Å²) >= 11 is 3.37. The summed E-state index contributed by atoms with van der Waals surface area (Å²) in [7, 11) is 1.93. The second kappa shape index (κ2) is 7.06. The Labute approximate surface area is 127 Å². The van der Waals surface area contributed by atoms with E-state index in [1.807, 2.05) is 36.2 Å². The van der Waals surface area contributed by atoms with E-state index in [9.17, 15) is 9.90 Å². The number of rotatable bonds is 6. The average Bonchev–Trinajstić information content (AvgIpc) is 2.82. The molecule has 0 bridgehead atoms. The largest absolute Gasteiger partial charge is 0.448 e. The van der Waals surface area contributed by atoms with Gasteiger partial charge < -0.3 is 19.6 Å². The standard InChI is InChI=1S/C14H19BrN2O3/c1-16(6-7-17-8-9-20-14(17)19)10-13(18)11-2-4-12(15)5-3-11/h2-5,13,18H,6-10H2,1H3. The number of nitrogens with zero attached hydrogens (tertiary/aromatic N) is 2. The van der Waals surface area contributed by atoms with Crippen LogP contribution in [-0.4, -0.2) is 60.8 Å². The topological polar surface area (TPSA) is 53.0 Å². The zero-order valence-corrected chi connectivity index (χ0v) is 13.0. The molecule has 1 aromatic carbocycles. The van der Waals surface area contributed by atoms with E-state index in [0.717, 1.165) is 10.0 Å². The van der Waals surface area contributed by atoms with Crippen molar-refractivity contribution >= 4 is 22.0 Å². The lowest BCUT2D eigenvalue weighted by atomic mass is 10.1. The number of halogens is 1. The number of hydrogen-bond donors (Lipinski definition) is 1. The van der Waals surface area contributed by atoms with Crippen LogP contribution in [-0.2, 0) is 4.74 Å².